The van der Waals surface area contributed by atoms with Crippen LogP contribution in [0.25, 0.3) is 0 Å². The third-order valence-corrected chi connectivity index (χ3v) is 4.41. The number of amides is 1. The van der Waals surface area contributed by atoms with Crippen molar-refractivity contribution in [1.82, 2.24) is 4.90 Å². The smallest absolute Gasteiger partial charge is 0.303 e. The average molecular weight is 267 g/mol. The maximum absolute atomic E-state index is 12.3. The summed E-state index contributed by atoms with van der Waals surface area (Å²) >= 11 is 0. The van der Waals surface area contributed by atoms with E-state index in [1.165, 1.54) is 0 Å². The first-order valence-electron chi connectivity index (χ1n) is 7.53. The number of carboxylic acid groups (broad SMARTS) is 1. The molecular weight excluding hydrogens is 242 g/mol. The first-order valence-corrected chi connectivity index (χ1v) is 7.53. The molecule has 4 nitrogen and oxygen atoms in total. The summed E-state index contributed by atoms with van der Waals surface area (Å²) in [7, 11) is 0. The van der Waals surface area contributed by atoms with Crippen LogP contribution in [0, 0.1) is 11.8 Å². The maximum Gasteiger partial charge on any atom is 0.303 e. The summed E-state index contributed by atoms with van der Waals surface area (Å²) in [5.41, 5.74) is 0. The molecule has 0 spiro atoms. The summed E-state index contributed by atoms with van der Waals surface area (Å²) in [5, 5.41) is 8.83. The lowest BCUT2D eigenvalue weighted by Crippen LogP contribution is -2.47. The predicted molar refractivity (Wildman–Crippen MR) is 72.7 cm³/mol. The van der Waals surface area contributed by atoms with E-state index in [0.717, 1.165) is 38.5 Å². The Kier molecular flexibility index (Phi) is 4.48. The van der Waals surface area contributed by atoms with E-state index in [9.17, 15) is 9.59 Å². The molecule has 2 aliphatic carbocycles. The minimum absolute atomic E-state index is 0.258. The van der Waals surface area contributed by atoms with Gasteiger partial charge in [-0.2, -0.15) is 0 Å². The topological polar surface area (TPSA) is 57.6 Å². The molecule has 4 heteroatoms. The highest BCUT2D eigenvalue weighted by atomic mass is 16.4. The SMILES string of the molecule is CC(C)N(C(=O)C1CC1)C1CCC(CC(=O)O)CC1. The highest BCUT2D eigenvalue weighted by Crippen LogP contribution is 2.36. The third-order valence-electron chi connectivity index (χ3n) is 4.41. The van der Waals surface area contributed by atoms with Crippen molar-refractivity contribution in [2.24, 2.45) is 11.8 Å². The Balaban J connectivity index is 1.90. The van der Waals surface area contributed by atoms with E-state index in [1.807, 2.05) is 0 Å². The monoisotopic (exact) mass is 267 g/mol. The van der Waals surface area contributed by atoms with Crippen LogP contribution in [-0.2, 0) is 9.59 Å². The molecule has 2 saturated carbocycles. The Morgan fingerprint density at radius 1 is 1.11 bits per heavy atom. The summed E-state index contributed by atoms with van der Waals surface area (Å²) in [6, 6.07) is 0.590. The quantitative estimate of drug-likeness (QED) is 0.833. The van der Waals surface area contributed by atoms with Gasteiger partial charge >= 0.3 is 5.97 Å². The van der Waals surface area contributed by atoms with Gasteiger partial charge < -0.3 is 10.0 Å². The molecule has 2 fully saturated rings. The fourth-order valence-corrected chi connectivity index (χ4v) is 3.27. The van der Waals surface area contributed by atoms with E-state index in [2.05, 4.69) is 18.7 Å². The van der Waals surface area contributed by atoms with Crippen LogP contribution < -0.4 is 0 Å². The molecule has 2 rings (SSSR count). The molecule has 1 N–H and O–H groups in total. The molecule has 0 aromatic rings. The zero-order valence-electron chi connectivity index (χ0n) is 12.0. The summed E-state index contributed by atoms with van der Waals surface area (Å²) in [4.78, 5) is 25.1. The number of hydrogen-bond donors (Lipinski definition) is 1. The van der Waals surface area contributed by atoms with E-state index in [0.29, 0.717) is 17.9 Å². The fourth-order valence-electron chi connectivity index (χ4n) is 3.27. The van der Waals surface area contributed by atoms with Crippen molar-refractivity contribution in [3.8, 4) is 0 Å². The van der Waals surface area contributed by atoms with E-state index in [1.54, 1.807) is 0 Å². The number of carboxylic acids is 1. The van der Waals surface area contributed by atoms with E-state index in [-0.39, 0.29) is 18.4 Å². The summed E-state index contributed by atoms with van der Waals surface area (Å²) in [6.07, 6.45) is 6.21. The number of hydrogen-bond acceptors (Lipinski definition) is 2. The number of nitrogens with zero attached hydrogens (tertiary/aromatic N) is 1. The normalized spacial score (nSPS) is 27.3. The second-order valence-electron chi connectivity index (χ2n) is 6.39. The van der Waals surface area contributed by atoms with Crippen molar-refractivity contribution in [2.75, 3.05) is 0 Å². The second kappa shape index (κ2) is 5.93. The van der Waals surface area contributed by atoms with Crippen LogP contribution in [0.3, 0.4) is 0 Å². The van der Waals surface area contributed by atoms with Crippen molar-refractivity contribution in [1.29, 1.82) is 0 Å². The number of carbonyl (C=O) groups is 2. The van der Waals surface area contributed by atoms with E-state index in [4.69, 9.17) is 5.11 Å². The van der Waals surface area contributed by atoms with Gasteiger partial charge in [0.25, 0.3) is 0 Å². The Hall–Kier alpha value is -1.06. The molecule has 0 aromatic carbocycles. The molecule has 19 heavy (non-hydrogen) atoms. The second-order valence-corrected chi connectivity index (χ2v) is 6.39. The van der Waals surface area contributed by atoms with Gasteiger partial charge in [-0.3, -0.25) is 9.59 Å². The predicted octanol–water partition coefficient (Wildman–Crippen LogP) is 2.67. The van der Waals surface area contributed by atoms with Crippen LogP contribution in [0.2, 0.25) is 0 Å². The van der Waals surface area contributed by atoms with Crippen LogP contribution in [0.4, 0.5) is 0 Å². The van der Waals surface area contributed by atoms with Crippen LogP contribution in [0.5, 0.6) is 0 Å². The lowest BCUT2D eigenvalue weighted by Gasteiger charge is -2.39. The van der Waals surface area contributed by atoms with Gasteiger partial charge in [-0.1, -0.05) is 0 Å². The largest absolute Gasteiger partial charge is 0.481 e. The average Bonchev–Trinajstić information content (AvgIpc) is 3.14. The third kappa shape index (κ3) is 3.71. The Morgan fingerprint density at radius 3 is 2.11 bits per heavy atom. The minimum atomic E-state index is -0.696. The number of aliphatic carboxylic acids is 1. The lowest BCUT2D eigenvalue weighted by molar-refractivity contribution is -0.140. The molecule has 0 aromatic heterocycles. The van der Waals surface area contributed by atoms with Gasteiger partial charge in [0, 0.05) is 24.4 Å². The Morgan fingerprint density at radius 2 is 1.68 bits per heavy atom. The Bertz CT molecular complexity index is 341. The van der Waals surface area contributed by atoms with Gasteiger partial charge in [0.1, 0.15) is 0 Å². The van der Waals surface area contributed by atoms with Crippen LogP contribution in [0.15, 0.2) is 0 Å². The molecule has 0 bridgehead atoms. The van der Waals surface area contributed by atoms with Crippen molar-refractivity contribution in [3.05, 3.63) is 0 Å². The standard InChI is InChI=1S/C15H25NO3/c1-10(2)16(15(19)12-5-6-12)13-7-3-11(4-8-13)9-14(17)18/h10-13H,3-9H2,1-2H3,(H,17,18). The zero-order valence-corrected chi connectivity index (χ0v) is 12.0. The summed E-state index contributed by atoms with van der Waals surface area (Å²) in [6.45, 7) is 4.17. The van der Waals surface area contributed by atoms with Gasteiger partial charge in [-0.15, -0.1) is 0 Å². The van der Waals surface area contributed by atoms with Crippen molar-refractivity contribution in [3.63, 3.8) is 0 Å². The van der Waals surface area contributed by atoms with Gasteiger partial charge in [0.2, 0.25) is 5.91 Å². The molecule has 2 aliphatic rings. The van der Waals surface area contributed by atoms with Gasteiger partial charge in [0.05, 0.1) is 0 Å². The highest BCUT2D eigenvalue weighted by Gasteiger charge is 2.38. The van der Waals surface area contributed by atoms with Gasteiger partial charge in [-0.25, -0.2) is 0 Å². The molecule has 0 radical (unpaired) electrons. The lowest BCUT2D eigenvalue weighted by atomic mass is 9.83. The molecule has 0 saturated heterocycles. The van der Waals surface area contributed by atoms with E-state index >= 15 is 0 Å². The summed E-state index contributed by atoms with van der Waals surface area (Å²) in [5.74, 6) is 0.216. The molecular formula is C15H25NO3. The highest BCUT2D eigenvalue weighted by molar-refractivity contribution is 5.81. The number of rotatable bonds is 5. The van der Waals surface area contributed by atoms with Crippen molar-refractivity contribution in [2.45, 2.75) is 70.9 Å². The molecule has 0 unspecified atom stereocenters. The number of carbonyl (C=O) groups excluding carboxylic acids is 1. The van der Waals surface area contributed by atoms with Crippen LogP contribution >= 0.6 is 0 Å². The zero-order chi connectivity index (χ0) is 14.0. The summed E-state index contributed by atoms with van der Waals surface area (Å²) < 4.78 is 0. The van der Waals surface area contributed by atoms with Crippen LogP contribution in [-0.4, -0.2) is 34.0 Å². The van der Waals surface area contributed by atoms with Gasteiger partial charge in [0.15, 0.2) is 0 Å². The molecule has 0 heterocycles. The van der Waals surface area contributed by atoms with Crippen molar-refractivity contribution < 1.29 is 14.7 Å². The van der Waals surface area contributed by atoms with E-state index < -0.39 is 5.97 Å². The van der Waals surface area contributed by atoms with Gasteiger partial charge in [-0.05, 0) is 58.3 Å². The molecule has 0 atom stereocenters. The maximum atomic E-state index is 12.3. The Labute approximate surface area is 115 Å². The molecule has 108 valence electrons. The van der Waals surface area contributed by atoms with Crippen molar-refractivity contribution >= 4 is 11.9 Å². The fraction of sp³-hybridized carbons (Fsp3) is 0.867. The van der Waals surface area contributed by atoms with Crippen LogP contribution in [0.1, 0.15) is 58.8 Å². The first-order chi connectivity index (χ1) is 8.99. The molecule has 0 aliphatic heterocycles. The first kappa shape index (κ1) is 14.4. The molecule has 1 amide bonds. The minimum Gasteiger partial charge on any atom is -0.481 e.